The average molecular weight is 255 g/mol. The van der Waals surface area contributed by atoms with Gasteiger partial charge in [0, 0.05) is 18.1 Å². The maximum atomic E-state index is 12.2. The van der Waals surface area contributed by atoms with Gasteiger partial charge in [-0.1, -0.05) is 6.07 Å². The van der Waals surface area contributed by atoms with Gasteiger partial charge in [-0.2, -0.15) is 0 Å². The summed E-state index contributed by atoms with van der Waals surface area (Å²) in [5.41, 5.74) is 1.75. The summed E-state index contributed by atoms with van der Waals surface area (Å²) in [5, 5.41) is 7.29. The molecule has 3 rings (SSSR count). The number of aromatic nitrogens is 1. The van der Waals surface area contributed by atoms with Crippen LogP contribution in [0.5, 0.6) is 0 Å². The highest BCUT2D eigenvalue weighted by Crippen LogP contribution is 2.22. The number of anilines is 1. The molecule has 98 valence electrons. The number of pyridine rings is 1. The lowest BCUT2D eigenvalue weighted by molar-refractivity contribution is -0.120. The normalized spacial score (nSPS) is 19.3. The van der Waals surface area contributed by atoms with Gasteiger partial charge >= 0.3 is 0 Å². The summed E-state index contributed by atoms with van der Waals surface area (Å²) >= 11 is 0. The van der Waals surface area contributed by atoms with Crippen LogP contribution in [0, 0.1) is 5.92 Å². The zero-order valence-electron chi connectivity index (χ0n) is 10.7. The molecule has 2 heterocycles. The molecule has 0 spiro atoms. The summed E-state index contributed by atoms with van der Waals surface area (Å²) in [6.07, 6.45) is 3.79. The van der Waals surface area contributed by atoms with Crippen molar-refractivity contribution in [2.75, 3.05) is 18.4 Å². The van der Waals surface area contributed by atoms with E-state index in [0.717, 1.165) is 42.5 Å². The van der Waals surface area contributed by atoms with E-state index in [9.17, 15) is 4.79 Å². The zero-order valence-corrected chi connectivity index (χ0v) is 10.7. The van der Waals surface area contributed by atoms with Crippen molar-refractivity contribution in [1.82, 2.24) is 10.3 Å². The van der Waals surface area contributed by atoms with Crippen LogP contribution in [0.4, 0.5) is 5.69 Å². The van der Waals surface area contributed by atoms with E-state index < -0.39 is 0 Å². The fourth-order valence-electron chi connectivity index (χ4n) is 2.52. The van der Waals surface area contributed by atoms with E-state index in [0.29, 0.717) is 0 Å². The van der Waals surface area contributed by atoms with Gasteiger partial charge in [0.15, 0.2) is 0 Å². The number of nitrogens with zero attached hydrogens (tertiary/aromatic N) is 1. The Morgan fingerprint density at radius 1 is 1.32 bits per heavy atom. The Morgan fingerprint density at radius 2 is 2.26 bits per heavy atom. The molecule has 1 saturated heterocycles. The minimum Gasteiger partial charge on any atom is -0.325 e. The van der Waals surface area contributed by atoms with Gasteiger partial charge in [-0.15, -0.1) is 0 Å². The molecule has 1 fully saturated rings. The molecule has 0 radical (unpaired) electrons. The van der Waals surface area contributed by atoms with Gasteiger partial charge in [-0.3, -0.25) is 9.78 Å². The van der Waals surface area contributed by atoms with Crippen molar-refractivity contribution >= 4 is 22.5 Å². The summed E-state index contributed by atoms with van der Waals surface area (Å²) in [6, 6.07) is 9.67. The lowest BCUT2D eigenvalue weighted by Gasteiger charge is -2.22. The number of fused-ring (bicyclic) bond motifs is 1. The lowest BCUT2D eigenvalue weighted by atomic mass is 9.98. The van der Waals surface area contributed by atoms with E-state index >= 15 is 0 Å². The van der Waals surface area contributed by atoms with E-state index in [1.165, 1.54) is 0 Å². The molecular formula is C15H17N3O. The van der Waals surface area contributed by atoms with Crippen LogP contribution < -0.4 is 10.6 Å². The number of carbonyl (C=O) groups excluding carboxylic acids is 1. The van der Waals surface area contributed by atoms with Gasteiger partial charge in [0.1, 0.15) is 0 Å². The highest BCUT2D eigenvalue weighted by atomic mass is 16.1. The molecule has 1 atom stereocenters. The van der Waals surface area contributed by atoms with Crippen molar-refractivity contribution in [2.24, 2.45) is 5.92 Å². The topological polar surface area (TPSA) is 54.0 Å². The van der Waals surface area contributed by atoms with Gasteiger partial charge in [0.25, 0.3) is 0 Å². The summed E-state index contributed by atoms with van der Waals surface area (Å²) in [4.78, 5) is 16.5. The number of piperidine rings is 1. The second-order valence-electron chi connectivity index (χ2n) is 4.91. The molecule has 2 aromatic rings. The molecule has 19 heavy (non-hydrogen) atoms. The fraction of sp³-hybridized carbons (Fsp3) is 0.333. The van der Waals surface area contributed by atoms with Crippen LogP contribution in [-0.4, -0.2) is 24.0 Å². The fourth-order valence-corrected chi connectivity index (χ4v) is 2.52. The number of hydrogen-bond acceptors (Lipinski definition) is 3. The van der Waals surface area contributed by atoms with Gasteiger partial charge in [0.05, 0.1) is 17.1 Å². The van der Waals surface area contributed by atoms with Crippen molar-refractivity contribution in [3.63, 3.8) is 0 Å². The Kier molecular flexibility index (Phi) is 3.42. The van der Waals surface area contributed by atoms with Crippen molar-refractivity contribution in [1.29, 1.82) is 0 Å². The molecule has 4 heteroatoms. The smallest absolute Gasteiger partial charge is 0.228 e. The van der Waals surface area contributed by atoms with Crippen molar-refractivity contribution in [3.8, 4) is 0 Å². The maximum Gasteiger partial charge on any atom is 0.228 e. The number of benzene rings is 1. The lowest BCUT2D eigenvalue weighted by Crippen LogP contribution is -2.37. The highest BCUT2D eigenvalue weighted by molar-refractivity contribution is 6.01. The first-order chi connectivity index (χ1) is 9.34. The van der Waals surface area contributed by atoms with Gasteiger partial charge in [-0.25, -0.2) is 0 Å². The number of hydrogen-bond donors (Lipinski definition) is 2. The third-order valence-electron chi connectivity index (χ3n) is 3.57. The van der Waals surface area contributed by atoms with E-state index in [-0.39, 0.29) is 11.8 Å². The third-order valence-corrected chi connectivity index (χ3v) is 3.57. The van der Waals surface area contributed by atoms with Gasteiger partial charge in [-0.05, 0) is 43.7 Å². The maximum absolute atomic E-state index is 12.2. The molecule has 1 aromatic heterocycles. The largest absolute Gasteiger partial charge is 0.325 e. The van der Waals surface area contributed by atoms with E-state index in [2.05, 4.69) is 15.6 Å². The minimum absolute atomic E-state index is 0.0701. The molecular weight excluding hydrogens is 238 g/mol. The molecule has 0 aliphatic carbocycles. The minimum atomic E-state index is 0.0701. The molecule has 1 aliphatic heterocycles. The van der Waals surface area contributed by atoms with Crippen LogP contribution in [0.25, 0.3) is 10.9 Å². The molecule has 1 aliphatic rings. The number of rotatable bonds is 2. The van der Waals surface area contributed by atoms with E-state index in [4.69, 9.17) is 0 Å². The van der Waals surface area contributed by atoms with Gasteiger partial charge < -0.3 is 10.6 Å². The van der Waals surface area contributed by atoms with Crippen LogP contribution >= 0.6 is 0 Å². The SMILES string of the molecule is O=C(Nc1cccc2ncccc12)[C@@H]1CCCNC1. The Balaban J connectivity index is 1.82. The second-order valence-corrected chi connectivity index (χ2v) is 4.91. The molecule has 4 nitrogen and oxygen atoms in total. The van der Waals surface area contributed by atoms with Crippen LogP contribution in [-0.2, 0) is 4.79 Å². The van der Waals surface area contributed by atoms with Crippen LogP contribution in [0.3, 0.4) is 0 Å². The molecule has 0 saturated carbocycles. The van der Waals surface area contributed by atoms with E-state index in [1.54, 1.807) is 6.20 Å². The van der Waals surface area contributed by atoms with Crippen LogP contribution in [0.2, 0.25) is 0 Å². The second kappa shape index (κ2) is 5.36. The first-order valence-electron chi connectivity index (χ1n) is 6.70. The third kappa shape index (κ3) is 2.58. The molecule has 0 bridgehead atoms. The summed E-state index contributed by atoms with van der Waals surface area (Å²) in [5.74, 6) is 0.171. The van der Waals surface area contributed by atoms with Crippen LogP contribution in [0.1, 0.15) is 12.8 Å². The highest BCUT2D eigenvalue weighted by Gasteiger charge is 2.21. The van der Waals surface area contributed by atoms with Crippen LogP contribution in [0.15, 0.2) is 36.5 Å². The zero-order chi connectivity index (χ0) is 13.1. The Hall–Kier alpha value is -1.94. The van der Waals surface area contributed by atoms with Gasteiger partial charge in [0.2, 0.25) is 5.91 Å². The Labute approximate surface area is 112 Å². The number of carbonyl (C=O) groups is 1. The molecule has 2 N–H and O–H groups in total. The van der Waals surface area contributed by atoms with Crippen molar-refractivity contribution in [2.45, 2.75) is 12.8 Å². The summed E-state index contributed by atoms with van der Waals surface area (Å²) in [7, 11) is 0. The van der Waals surface area contributed by atoms with E-state index in [1.807, 2.05) is 30.3 Å². The first kappa shape index (κ1) is 12.1. The predicted octanol–water partition coefficient (Wildman–Crippen LogP) is 2.17. The monoisotopic (exact) mass is 255 g/mol. The first-order valence-corrected chi connectivity index (χ1v) is 6.70. The average Bonchev–Trinajstić information content (AvgIpc) is 2.48. The quantitative estimate of drug-likeness (QED) is 0.864. The number of amides is 1. The summed E-state index contributed by atoms with van der Waals surface area (Å²) < 4.78 is 0. The molecule has 0 unspecified atom stereocenters. The standard InChI is InChI=1S/C15H17N3O/c19-15(11-4-2-8-16-10-11)18-14-7-1-6-13-12(14)5-3-9-17-13/h1,3,5-7,9,11,16H,2,4,8,10H2,(H,18,19)/t11-/m1/s1. The predicted molar refractivity (Wildman–Crippen MR) is 76.0 cm³/mol. The number of nitrogens with one attached hydrogen (secondary N) is 2. The summed E-state index contributed by atoms with van der Waals surface area (Å²) in [6.45, 7) is 1.79. The van der Waals surface area contributed by atoms with Crippen molar-refractivity contribution in [3.05, 3.63) is 36.5 Å². The Bertz CT molecular complexity index is 585. The molecule has 1 amide bonds. The molecule has 1 aromatic carbocycles. The van der Waals surface area contributed by atoms with Crippen molar-refractivity contribution < 1.29 is 4.79 Å². The Morgan fingerprint density at radius 3 is 3.11 bits per heavy atom.